The minimum Gasteiger partial charge on any atom is -0.310 e. The van der Waals surface area contributed by atoms with E-state index in [1.165, 1.54) is 32.8 Å². The lowest BCUT2D eigenvalue weighted by molar-refractivity contribution is 0.682. The zero-order valence-electron chi connectivity index (χ0n) is 34.5. The molecule has 3 heterocycles. The molecule has 0 fully saturated rings. The van der Waals surface area contributed by atoms with Gasteiger partial charge in [0.25, 0.3) is 0 Å². The molecule has 14 rings (SSSR count). The molecule has 10 aromatic carbocycles. The molecule has 0 N–H and O–H groups in total. The molecule has 0 saturated carbocycles. The largest absolute Gasteiger partial charge is 0.310 e. The van der Waals surface area contributed by atoms with Crippen molar-refractivity contribution < 1.29 is 4.21 Å². The zero-order chi connectivity index (χ0) is 42.1. The van der Waals surface area contributed by atoms with Gasteiger partial charge in [-0.1, -0.05) is 146 Å². The zero-order valence-corrected chi connectivity index (χ0v) is 35.3. The predicted molar refractivity (Wildman–Crippen MR) is 263 cm³/mol. The summed E-state index contributed by atoms with van der Waals surface area (Å²) in [6, 6.07) is 80.9. The Hall–Kier alpha value is -7.99. The molecule has 4 nitrogen and oxygen atoms in total. The van der Waals surface area contributed by atoms with Crippen LogP contribution in [0.3, 0.4) is 0 Å². The van der Waals surface area contributed by atoms with Gasteiger partial charge in [-0.15, -0.1) is 0 Å². The van der Waals surface area contributed by atoms with Crippen LogP contribution in [0.1, 0.15) is 22.3 Å². The molecule has 64 heavy (non-hydrogen) atoms. The third-order valence-corrected chi connectivity index (χ3v) is 15.4. The molecule has 1 spiro atoms. The van der Waals surface area contributed by atoms with Crippen LogP contribution in [-0.4, -0.2) is 8.78 Å². The molecule has 1 atom stereocenters. The Labute approximate surface area is 373 Å². The van der Waals surface area contributed by atoms with E-state index in [9.17, 15) is 0 Å². The minimum absolute atomic E-state index is 0.658. The summed E-state index contributed by atoms with van der Waals surface area (Å²) < 4.78 is 18.0. The van der Waals surface area contributed by atoms with Crippen LogP contribution in [0.2, 0.25) is 0 Å². The Morgan fingerprint density at radius 1 is 0.375 bits per heavy atom. The van der Waals surface area contributed by atoms with Crippen molar-refractivity contribution in [3.63, 3.8) is 0 Å². The molecule has 0 saturated heterocycles. The average molecular weight is 836 g/mol. The van der Waals surface area contributed by atoms with Gasteiger partial charge in [0.2, 0.25) is 0 Å². The van der Waals surface area contributed by atoms with Gasteiger partial charge in [0.1, 0.15) is 0 Å². The van der Waals surface area contributed by atoms with Crippen molar-refractivity contribution in [3.05, 3.63) is 247 Å². The Bertz CT molecular complexity index is 3750. The average Bonchev–Trinajstić information content (AvgIpc) is 3.85. The summed E-state index contributed by atoms with van der Waals surface area (Å²) in [5.41, 5.74) is 16.0. The molecule has 3 aliphatic rings. The number of rotatable bonds is 3. The highest BCUT2D eigenvalue weighted by Gasteiger charge is 2.53. The monoisotopic (exact) mass is 835 g/mol. The maximum atomic E-state index is 15.6. The molecule has 0 radical (unpaired) electrons. The van der Waals surface area contributed by atoms with Crippen molar-refractivity contribution in [2.24, 2.45) is 0 Å². The summed E-state index contributed by atoms with van der Waals surface area (Å²) in [7, 11) is -1.49. The second-order valence-corrected chi connectivity index (χ2v) is 18.4. The second-order valence-electron chi connectivity index (χ2n) is 17.0. The first-order valence-electron chi connectivity index (χ1n) is 21.8. The Morgan fingerprint density at radius 3 is 1.80 bits per heavy atom. The van der Waals surface area contributed by atoms with E-state index >= 15 is 4.21 Å². The number of nitrogens with zero attached hydrogens (tertiary/aromatic N) is 3. The summed E-state index contributed by atoms with van der Waals surface area (Å²) >= 11 is 0. The first-order chi connectivity index (χ1) is 31.7. The molecule has 1 aliphatic carbocycles. The number of aromatic nitrogens is 1. The number of hydrogen-bond acceptors (Lipinski definition) is 3. The number of fused-ring (bicyclic) bond motifs is 16. The van der Waals surface area contributed by atoms with Gasteiger partial charge in [-0.2, -0.15) is 0 Å². The van der Waals surface area contributed by atoms with Crippen LogP contribution < -0.4 is 9.80 Å². The molecule has 1 unspecified atom stereocenters. The van der Waals surface area contributed by atoms with Gasteiger partial charge in [-0.3, -0.25) is 0 Å². The third kappa shape index (κ3) is 4.63. The molecule has 5 heteroatoms. The number of anilines is 6. The van der Waals surface area contributed by atoms with Gasteiger partial charge in [-0.25, -0.2) is 4.21 Å². The first-order valence-corrected chi connectivity index (χ1v) is 23.0. The van der Waals surface area contributed by atoms with Gasteiger partial charge < -0.3 is 14.4 Å². The van der Waals surface area contributed by atoms with Crippen molar-refractivity contribution in [2.75, 3.05) is 9.80 Å². The van der Waals surface area contributed by atoms with Crippen LogP contribution in [0.25, 0.3) is 49.4 Å². The minimum atomic E-state index is -1.49. The molecule has 11 aromatic rings. The summed E-state index contributed by atoms with van der Waals surface area (Å²) in [6.45, 7) is 0. The van der Waals surface area contributed by atoms with Crippen LogP contribution >= 0.6 is 0 Å². The number of benzene rings is 10. The van der Waals surface area contributed by atoms with Crippen LogP contribution in [0.4, 0.5) is 34.1 Å². The smallest absolute Gasteiger partial charge is 0.0898 e. The molecular weight excluding hydrogens is 799 g/mol. The fraction of sp³-hybridized carbons (Fsp3) is 0.0169. The van der Waals surface area contributed by atoms with E-state index in [-0.39, 0.29) is 0 Å². The number of para-hydroxylation sites is 5. The fourth-order valence-electron chi connectivity index (χ4n) is 11.4. The van der Waals surface area contributed by atoms with E-state index in [1.54, 1.807) is 0 Å². The van der Waals surface area contributed by atoms with Crippen LogP contribution in [-0.2, 0) is 16.2 Å². The number of hydrogen-bond donors (Lipinski definition) is 0. The lowest BCUT2D eigenvalue weighted by Gasteiger charge is -2.45. The molecule has 2 aliphatic heterocycles. The molecular formula is C59H37N3OS. The van der Waals surface area contributed by atoms with Gasteiger partial charge in [-0.05, 0) is 117 Å². The highest BCUT2D eigenvalue weighted by atomic mass is 32.2. The van der Waals surface area contributed by atoms with Crippen molar-refractivity contribution in [1.82, 2.24) is 4.57 Å². The quantitative estimate of drug-likeness (QED) is 0.177. The van der Waals surface area contributed by atoms with Gasteiger partial charge in [0, 0.05) is 33.4 Å². The van der Waals surface area contributed by atoms with Crippen LogP contribution in [0.5, 0.6) is 0 Å². The van der Waals surface area contributed by atoms with Crippen molar-refractivity contribution in [2.45, 2.75) is 15.2 Å². The third-order valence-electron chi connectivity index (χ3n) is 13.9. The SMILES string of the molecule is O=S1c2ccccc2N(c2ccc3c(c2)c2ccccc2n3-c2ccc3ccccc3c2)c2ccc3c(c21)-c1ccccc1C31c2ccccc2N(c2ccccc2)c2ccccc21. The molecule has 300 valence electrons. The summed E-state index contributed by atoms with van der Waals surface area (Å²) in [5, 5.41) is 4.78. The molecule has 0 amide bonds. The predicted octanol–water partition coefficient (Wildman–Crippen LogP) is 15.0. The Kier molecular flexibility index (Phi) is 7.37. The Balaban J connectivity index is 1.02. The van der Waals surface area contributed by atoms with E-state index < -0.39 is 16.2 Å². The van der Waals surface area contributed by atoms with E-state index in [4.69, 9.17) is 0 Å². The summed E-state index contributed by atoms with van der Waals surface area (Å²) in [4.78, 5) is 6.40. The second kappa shape index (κ2) is 13.3. The van der Waals surface area contributed by atoms with Crippen LogP contribution in [0, 0.1) is 0 Å². The van der Waals surface area contributed by atoms with Gasteiger partial charge >= 0.3 is 0 Å². The van der Waals surface area contributed by atoms with E-state index in [0.29, 0.717) is 0 Å². The maximum absolute atomic E-state index is 15.6. The van der Waals surface area contributed by atoms with E-state index in [1.807, 2.05) is 12.1 Å². The molecule has 1 aromatic heterocycles. The van der Waals surface area contributed by atoms with Gasteiger partial charge in [0.05, 0.1) is 59.8 Å². The molecule has 0 bridgehead atoms. The summed E-state index contributed by atoms with van der Waals surface area (Å²) in [5.74, 6) is 0. The van der Waals surface area contributed by atoms with E-state index in [0.717, 1.165) is 82.7 Å². The lowest BCUT2D eigenvalue weighted by Crippen LogP contribution is -2.36. The topological polar surface area (TPSA) is 28.5 Å². The highest BCUT2D eigenvalue weighted by Crippen LogP contribution is 2.66. The lowest BCUT2D eigenvalue weighted by atomic mass is 9.64. The first kappa shape index (κ1) is 35.6. The van der Waals surface area contributed by atoms with Crippen molar-refractivity contribution in [3.8, 4) is 16.8 Å². The van der Waals surface area contributed by atoms with Crippen LogP contribution in [0.15, 0.2) is 234 Å². The van der Waals surface area contributed by atoms with Gasteiger partial charge in [0.15, 0.2) is 0 Å². The normalized spacial score (nSPS) is 15.2. The summed E-state index contributed by atoms with van der Waals surface area (Å²) in [6.07, 6.45) is 0. The standard InChI is InChI=1S/C59H37N3OS/c63-64-56-29-15-14-28-54(56)62(42-32-34-51-45(37-42)43-20-7-11-25-50(43)61(51)41-31-30-38-16-4-5-17-39(38)36-41)55-35-33-49-57(58(55)64)44-21-6-8-22-46(44)59(49)47-23-9-12-26-52(47)60(40-18-2-1-3-19-40)53-27-13-10-24-48(53)59/h1-37H. The Morgan fingerprint density at radius 2 is 0.984 bits per heavy atom. The fourth-order valence-corrected chi connectivity index (χ4v) is 12.9. The highest BCUT2D eigenvalue weighted by molar-refractivity contribution is 7.85. The van der Waals surface area contributed by atoms with Crippen molar-refractivity contribution in [1.29, 1.82) is 0 Å². The van der Waals surface area contributed by atoms with Crippen molar-refractivity contribution >= 4 is 77.5 Å². The maximum Gasteiger partial charge on any atom is 0.0898 e. The van der Waals surface area contributed by atoms with E-state index in [2.05, 4.69) is 227 Å².